The molecule has 0 bridgehead atoms. The minimum atomic E-state index is -1.00. The summed E-state index contributed by atoms with van der Waals surface area (Å²) >= 11 is 0. The standard InChI is InChI=1S/C18H25NO4/c1-4-5-6-7-8-11-19-14-10-9-13(16(20)21)12-15(14)23-18(2,3)17(19)22/h9-10,12H,4-8,11H2,1-3H3,(H,20,21). The van der Waals surface area contributed by atoms with Gasteiger partial charge in [-0.25, -0.2) is 4.79 Å². The topological polar surface area (TPSA) is 66.8 Å². The van der Waals surface area contributed by atoms with Gasteiger partial charge in [0.2, 0.25) is 0 Å². The molecule has 1 aromatic rings. The molecule has 0 aliphatic carbocycles. The van der Waals surface area contributed by atoms with Gasteiger partial charge in [0, 0.05) is 6.54 Å². The molecule has 1 amide bonds. The Bertz CT molecular complexity index is 595. The largest absolute Gasteiger partial charge is 0.478 e. The molecule has 0 spiro atoms. The summed E-state index contributed by atoms with van der Waals surface area (Å²) in [5.41, 5.74) is -0.153. The molecule has 1 heterocycles. The van der Waals surface area contributed by atoms with E-state index in [1.807, 2.05) is 0 Å². The van der Waals surface area contributed by atoms with Crippen LogP contribution >= 0.6 is 0 Å². The number of carbonyl (C=O) groups excluding carboxylic acids is 1. The van der Waals surface area contributed by atoms with Gasteiger partial charge in [0.15, 0.2) is 5.60 Å². The number of unbranched alkanes of at least 4 members (excludes halogenated alkanes) is 4. The van der Waals surface area contributed by atoms with Crippen molar-refractivity contribution < 1.29 is 19.4 Å². The van der Waals surface area contributed by atoms with E-state index in [1.165, 1.54) is 31.4 Å². The summed E-state index contributed by atoms with van der Waals surface area (Å²) < 4.78 is 5.74. The number of nitrogens with zero attached hydrogens (tertiary/aromatic N) is 1. The van der Waals surface area contributed by atoms with Crippen LogP contribution in [0.25, 0.3) is 0 Å². The second-order valence-corrected chi connectivity index (χ2v) is 6.47. The Kier molecular flexibility index (Phi) is 5.29. The third kappa shape index (κ3) is 3.84. The Morgan fingerprint density at radius 1 is 1.22 bits per heavy atom. The maximum atomic E-state index is 12.6. The van der Waals surface area contributed by atoms with Crippen LogP contribution in [0.15, 0.2) is 18.2 Å². The lowest BCUT2D eigenvalue weighted by Gasteiger charge is -2.39. The quantitative estimate of drug-likeness (QED) is 0.775. The number of hydrogen-bond acceptors (Lipinski definition) is 3. The van der Waals surface area contributed by atoms with E-state index in [0.717, 1.165) is 12.8 Å². The highest BCUT2D eigenvalue weighted by Gasteiger charge is 2.40. The number of ether oxygens (including phenoxy) is 1. The number of carbonyl (C=O) groups is 2. The zero-order valence-electron chi connectivity index (χ0n) is 14.1. The maximum absolute atomic E-state index is 12.6. The second kappa shape index (κ2) is 7.02. The van der Waals surface area contributed by atoms with Crippen molar-refractivity contribution in [3.8, 4) is 5.75 Å². The lowest BCUT2D eigenvalue weighted by Crippen LogP contribution is -2.52. The van der Waals surface area contributed by atoms with Crippen molar-refractivity contribution in [2.45, 2.75) is 58.5 Å². The molecule has 126 valence electrons. The number of fused-ring (bicyclic) bond motifs is 1. The third-order valence-electron chi connectivity index (χ3n) is 4.11. The summed E-state index contributed by atoms with van der Waals surface area (Å²) in [6.45, 7) is 6.24. The predicted molar refractivity (Wildman–Crippen MR) is 89.2 cm³/mol. The minimum Gasteiger partial charge on any atom is -0.478 e. The Labute approximate surface area is 137 Å². The molecule has 0 saturated heterocycles. The molecule has 0 aromatic heterocycles. The van der Waals surface area contributed by atoms with Crippen LogP contribution in [0, 0.1) is 0 Å². The summed E-state index contributed by atoms with van der Waals surface area (Å²) in [4.78, 5) is 25.5. The second-order valence-electron chi connectivity index (χ2n) is 6.47. The van der Waals surface area contributed by atoms with E-state index in [9.17, 15) is 9.59 Å². The van der Waals surface area contributed by atoms with Gasteiger partial charge in [-0.15, -0.1) is 0 Å². The first kappa shape index (κ1) is 17.3. The van der Waals surface area contributed by atoms with Crippen molar-refractivity contribution >= 4 is 17.6 Å². The van der Waals surface area contributed by atoms with Crippen molar-refractivity contribution in [1.29, 1.82) is 0 Å². The third-order valence-corrected chi connectivity index (χ3v) is 4.11. The first-order valence-electron chi connectivity index (χ1n) is 8.25. The van der Waals surface area contributed by atoms with Gasteiger partial charge < -0.3 is 14.7 Å². The van der Waals surface area contributed by atoms with Crippen molar-refractivity contribution in [1.82, 2.24) is 0 Å². The van der Waals surface area contributed by atoms with Crippen LogP contribution in [0.4, 0.5) is 5.69 Å². The molecule has 0 unspecified atom stereocenters. The molecule has 0 atom stereocenters. The molecule has 5 nitrogen and oxygen atoms in total. The average molecular weight is 319 g/mol. The lowest BCUT2D eigenvalue weighted by molar-refractivity contribution is -0.132. The SMILES string of the molecule is CCCCCCCN1C(=O)C(C)(C)Oc2cc(C(=O)O)ccc21. The highest BCUT2D eigenvalue weighted by Crippen LogP contribution is 2.38. The predicted octanol–water partition coefficient (Wildman–Crippen LogP) is 3.86. The van der Waals surface area contributed by atoms with Crippen LogP contribution in [0.5, 0.6) is 5.75 Å². The molecule has 0 saturated carbocycles. The van der Waals surface area contributed by atoms with Gasteiger partial charge in [0.25, 0.3) is 5.91 Å². The average Bonchev–Trinajstić information content (AvgIpc) is 2.49. The Hall–Kier alpha value is -2.04. The van der Waals surface area contributed by atoms with Gasteiger partial charge in [0.1, 0.15) is 5.75 Å². The Morgan fingerprint density at radius 2 is 1.91 bits per heavy atom. The van der Waals surface area contributed by atoms with E-state index >= 15 is 0 Å². The molecule has 23 heavy (non-hydrogen) atoms. The number of carboxylic acids is 1. The van der Waals surface area contributed by atoms with Crippen molar-refractivity contribution in [3.05, 3.63) is 23.8 Å². The summed E-state index contributed by atoms with van der Waals surface area (Å²) in [5, 5.41) is 9.12. The van der Waals surface area contributed by atoms with Crippen LogP contribution in [0.2, 0.25) is 0 Å². The van der Waals surface area contributed by atoms with Crippen LogP contribution in [-0.2, 0) is 4.79 Å². The fourth-order valence-electron chi connectivity index (χ4n) is 2.80. The van der Waals surface area contributed by atoms with Crippen LogP contribution in [0.3, 0.4) is 0 Å². The van der Waals surface area contributed by atoms with E-state index in [-0.39, 0.29) is 11.5 Å². The number of carboxylic acid groups (broad SMARTS) is 1. The molecule has 2 rings (SSSR count). The zero-order chi connectivity index (χ0) is 17.0. The molecule has 1 aliphatic rings. The molecule has 1 aromatic carbocycles. The fraction of sp³-hybridized carbons (Fsp3) is 0.556. The summed E-state index contributed by atoms with van der Waals surface area (Å²) in [6, 6.07) is 4.67. The first-order valence-corrected chi connectivity index (χ1v) is 8.25. The van der Waals surface area contributed by atoms with Crippen LogP contribution < -0.4 is 9.64 Å². The van der Waals surface area contributed by atoms with Gasteiger partial charge in [-0.3, -0.25) is 4.79 Å². The van der Waals surface area contributed by atoms with Gasteiger partial charge >= 0.3 is 5.97 Å². The fourth-order valence-corrected chi connectivity index (χ4v) is 2.80. The van der Waals surface area contributed by atoms with E-state index in [0.29, 0.717) is 18.0 Å². The van der Waals surface area contributed by atoms with Crippen molar-refractivity contribution in [3.63, 3.8) is 0 Å². The number of anilines is 1. The van der Waals surface area contributed by atoms with Crippen LogP contribution in [-0.4, -0.2) is 29.1 Å². The molecule has 1 N–H and O–H groups in total. The van der Waals surface area contributed by atoms with E-state index in [1.54, 1.807) is 24.8 Å². The Balaban J connectivity index is 2.20. The van der Waals surface area contributed by atoms with Gasteiger partial charge in [0.05, 0.1) is 11.3 Å². The molecule has 0 fully saturated rings. The number of amides is 1. The number of rotatable bonds is 7. The minimum absolute atomic E-state index is 0.0800. The van der Waals surface area contributed by atoms with Crippen molar-refractivity contribution in [2.24, 2.45) is 0 Å². The molecule has 1 aliphatic heterocycles. The van der Waals surface area contributed by atoms with E-state index in [4.69, 9.17) is 9.84 Å². The maximum Gasteiger partial charge on any atom is 0.335 e. The molecular weight excluding hydrogens is 294 g/mol. The van der Waals surface area contributed by atoms with E-state index in [2.05, 4.69) is 6.92 Å². The first-order chi connectivity index (χ1) is 10.9. The number of benzene rings is 1. The van der Waals surface area contributed by atoms with Gasteiger partial charge in [-0.1, -0.05) is 32.6 Å². The molecule has 5 heteroatoms. The molecular formula is C18H25NO4. The van der Waals surface area contributed by atoms with Gasteiger partial charge in [-0.2, -0.15) is 0 Å². The number of hydrogen-bond donors (Lipinski definition) is 1. The number of aromatic carboxylic acids is 1. The summed E-state index contributed by atoms with van der Waals surface area (Å²) in [7, 11) is 0. The highest BCUT2D eigenvalue weighted by molar-refractivity contribution is 6.03. The summed E-state index contributed by atoms with van der Waals surface area (Å²) in [6.07, 6.45) is 5.58. The van der Waals surface area contributed by atoms with Crippen LogP contribution in [0.1, 0.15) is 63.2 Å². The Morgan fingerprint density at radius 3 is 2.57 bits per heavy atom. The monoisotopic (exact) mass is 319 g/mol. The summed E-state index contributed by atoms with van der Waals surface area (Å²) in [5.74, 6) is -0.621. The molecule has 0 radical (unpaired) electrons. The van der Waals surface area contributed by atoms with Gasteiger partial charge in [-0.05, 0) is 38.5 Å². The normalized spacial score (nSPS) is 16.0. The smallest absolute Gasteiger partial charge is 0.335 e. The zero-order valence-corrected chi connectivity index (χ0v) is 14.1. The van der Waals surface area contributed by atoms with Crippen molar-refractivity contribution in [2.75, 3.05) is 11.4 Å². The highest BCUT2D eigenvalue weighted by atomic mass is 16.5. The van der Waals surface area contributed by atoms with E-state index < -0.39 is 11.6 Å². The lowest BCUT2D eigenvalue weighted by atomic mass is 10.0.